The van der Waals surface area contributed by atoms with Crippen molar-refractivity contribution in [1.29, 1.82) is 0 Å². The zero-order chi connectivity index (χ0) is 17.9. The number of halogens is 3. The minimum absolute atomic E-state index is 0.0000599. The van der Waals surface area contributed by atoms with Crippen molar-refractivity contribution in [3.63, 3.8) is 0 Å². The van der Waals surface area contributed by atoms with E-state index in [-0.39, 0.29) is 18.8 Å². The monoisotopic (exact) mass is 353 g/mol. The Bertz CT molecular complexity index is 746. The summed E-state index contributed by atoms with van der Waals surface area (Å²) in [5.74, 6) is -0.664. The topological polar surface area (TPSA) is 70.2 Å². The van der Waals surface area contributed by atoms with Crippen molar-refractivity contribution in [2.75, 3.05) is 32.7 Å². The maximum atomic E-state index is 13.3. The highest BCUT2D eigenvalue weighted by Crippen LogP contribution is 2.24. The Balaban J connectivity index is 1.69. The third kappa shape index (κ3) is 4.23. The first-order chi connectivity index (χ1) is 11.9. The molecule has 1 unspecified atom stereocenters. The number of hydrogen-bond donors (Lipinski definition) is 2. The predicted octanol–water partition coefficient (Wildman–Crippen LogP) is 1.20. The number of fused-ring (bicyclic) bond motifs is 1. The molecule has 2 heterocycles. The van der Waals surface area contributed by atoms with Crippen LogP contribution in [0.15, 0.2) is 30.5 Å². The second kappa shape index (κ2) is 7.32. The van der Waals surface area contributed by atoms with Gasteiger partial charge in [0.15, 0.2) is 0 Å². The lowest BCUT2D eigenvalue weighted by Gasteiger charge is -2.35. The fourth-order valence-electron chi connectivity index (χ4n) is 2.79. The molecular weight excluding hydrogens is 335 g/mol. The number of piperazine rings is 1. The second-order valence-electron chi connectivity index (χ2n) is 5.80. The number of aromatic nitrogens is 2. The van der Waals surface area contributed by atoms with Gasteiger partial charge in [-0.15, -0.1) is 0 Å². The third-order valence-corrected chi connectivity index (χ3v) is 4.11. The Morgan fingerprint density at radius 2 is 1.92 bits per heavy atom. The maximum Gasteiger partial charge on any atom is 0.405 e. The van der Waals surface area contributed by atoms with E-state index >= 15 is 0 Å². The van der Waals surface area contributed by atoms with Crippen LogP contribution in [-0.2, 0) is 0 Å². The first kappa shape index (κ1) is 17.6. The van der Waals surface area contributed by atoms with Gasteiger partial charge in [0, 0.05) is 32.7 Å². The van der Waals surface area contributed by atoms with Crippen molar-refractivity contribution < 1.29 is 18.0 Å². The number of para-hydroxylation sites is 2. The Labute approximate surface area is 142 Å². The summed E-state index contributed by atoms with van der Waals surface area (Å²) < 4.78 is 40.0. The summed E-state index contributed by atoms with van der Waals surface area (Å²) in [6, 6.07) is 5.26. The average Bonchev–Trinajstić information content (AvgIpc) is 2.61. The normalized spacial score (nSPS) is 17.4. The Hall–Kier alpha value is -2.26. The summed E-state index contributed by atoms with van der Waals surface area (Å²) in [6.45, 7) is 1.05. The van der Waals surface area contributed by atoms with Crippen LogP contribution in [0.4, 0.5) is 13.2 Å². The number of hydrogen-bond acceptors (Lipinski definition) is 5. The van der Waals surface area contributed by atoms with Gasteiger partial charge in [-0.25, -0.2) is 4.98 Å². The van der Waals surface area contributed by atoms with Crippen LogP contribution in [0.1, 0.15) is 10.5 Å². The molecule has 25 heavy (non-hydrogen) atoms. The first-order valence-corrected chi connectivity index (χ1v) is 7.96. The zero-order valence-electron chi connectivity index (χ0n) is 13.4. The van der Waals surface area contributed by atoms with Crippen molar-refractivity contribution in [3.8, 4) is 0 Å². The summed E-state index contributed by atoms with van der Waals surface area (Å²) in [5, 5.41) is 5.36. The Kier molecular flexibility index (Phi) is 5.14. The molecule has 2 N–H and O–H groups in total. The average molecular weight is 353 g/mol. The van der Waals surface area contributed by atoms with Crippen molar-refractivity contribution >= 4 is 16.9 Å². The molecule has 9 heteroatoms. The van der Waals surface area contributed by atoms with Gasteiger partial charge in [-0.3, -0.25) is 14.7 Å². The van der Waals surface area contributed by atoms with E-state index in [0.717, 1.165) is 0 Å². The number of carbonyl (C=O) groups is 1. The van der Waals surface area contributed by atoms with Gasteiger partial charge < -0.3 is 10.6 Å². The van der Waals surface area contributed by atoms with Crippen LogP contribution >= 0.6 is 0 Å². The number of nitrogens with zero attached hydrogens (tertiary/aromatic N) is 3. The molecule has 0 spiro atoms. The van der Waals surface area contributed by atoms with E-state index in [1.165, 1.54) is 11.1 Å². The van der Waals surface area contributed by atoms with E-state index in [9.17, 15) is 18.0 Å². The van der Waals surface area contributed by atoms with Crippen molar-refractivity contribution in [1.82, 2.24) is 25.5 Å². The molecule has 2 aromatic rings. The molecule has 1 saturated heterocycles. The molecule has 1 atom stereocenters. The molecule has 0 bridgehead atoms. The highest BCUT2D eigenvalue weighted by molar-refractivity contribution is 5.93. The lowest BCUT2D eigenvalue weighted by atomic mass is 10.2. The molecule has 0 radical (unpaired) electrons. The molecule has 1 aromatic carbocycles. The number of rotatable bonds is 4. The summed E-state index contributed by atoms with van der Waals surface area (Å²) in [4.78, 5) is 21.8. The maximum absolute atomic E-state index is 13.3. The molecule has 1 aliphatic heterocycles. The van der Waals surface area contributed by atoms with Gasteiger partial charge in [-0.2, -0.15) is 13.2 Å². The van der Waals surface area contributed by atoms with Crippen molar-refractivity contribution in [2.45, 2.75) is 12.2 Å². The summed E-state index contributed by atoms with van der Waals surface area (Å²) >= 11 is 0. The van der Waals surface area contributed by atoms with E-state index in [4.69, 9.17) is 0 Å². The van der Waals surface area contributed by atoms with Crippen molar-refractivity contribution in [3.05, 3.63) is 36.2 Å². The second-order valence-corrected chi connectivity index (χ2v) is 5.80. The van der Waals surface area contributed by atoms with Gasteiger partial charge >= 0.3 is 6.18 Å². The number of carbonyl (C=O) groups excluding carboxylic acids is 1. The highest BCUT2D eigenvalue weighted by atomic mass is 19.4. The van der Waals surface area contributed by atoms with Crippen LogP contribution in [0.3, 0.4) is 0 Å². The molecule has 134 valence electrons. The fourth-order valence-corrected chi connectivity index (χ4v) is 2.79. The molecule has 0 saturated carbocycles. The number of alkyl halides is 3. The van der Waals surface area contributed by atoms with Gasteiger partial charge in [0.1, 0.15) is 11.7 Å². The molecule has 1 amide bonds. The molecule has 6 nitrogen and oxygen atoms in total. The lowest BCUT2D eigenvalue weighted by Crippen LogP contribution is -2.57. The lowest BCUT2D eigenvalue weighted by molar-refractivity contribution is -0.183. The number of benzene rings is 1. The summed E-state index contributed by atoms with van der Waals surface area (Å²) in [5.41, 5.74) is 1.14. The molecule has 1 aliphatic rings. The van der Waals surface area contributed by atoms with E-state index in [1.54, 1.807) is 24.3 Å². The molecule has 1 aromatic heterocycles. The molecule has 0 aliphatic carbocycles. The Morgan fingerprint density at radius 1 is 1.24 bits per heavy atom. The summed E-state index contributed by atoms with van der Waals surface area (Å²) in [6.07, 6.45) is -3.15. The Morgan fingerprint density at radius 3 is 2.60 bits per heavy atom. The third-order valence-electron chi connectivity index (χ3n) is 4.11. The van der Waals surface area contributed by atoms with Crippen LogP contribution in [-0.4, -0.2) is 65.7 Å². The van der Waals surface area contributed by atoms with Gasteiger partial charge in [0.25, 0.3) is 5.91 Å². The highest BCUT2D eigenvalue weighted by Gasteiger charge is 2.43. The standard InChI is InChI=1S/C16H18F3N5O/c17-16(18,19)14(24-7-5-20-6-8-24)10-22-15(25)13-9-21-11-3-1-2-4-12(11)23-13/h1-4,9,14,20H,5-8,10H2,(H,22,25). The van der Waals surface area contributed by atoms with Crippen LogP contribution in [0.2, 0.25) is 0 Å². The minimum Gasteiger partial charge on any atom is -0.349 e. The SMILES string of the molecule is O=C(NCC(N1CCNCC1)C(F)(F)F)c1cnc2ccccc2n1. The molecule has 1 fully saturated rings. The van der Waals surface area contributed by atoms with Crippen LogP contribution in [0.5, 0.6) is 0 Å². The van der Waals surface area contributed by atoms with Gasteiger partial charge in [-0.1, -0.05) is 12.1 Å². The fraction of sp³-hybridized carbons (Fsp3) is 0.438. The number of amides is 1. The van der Waals surface area contributed by atoms with Gasteiger partial charge in [0.2, 0.25) is 0 Å². The van der Waals surface area contributed by atoms with Gasteiger partial charge in [0.05, 0.1) is 17.2 Å². The minimum atomic E-state index is -4.42. The van der Waals surface area contributed by atoms with Crippen LogP contribution in [0, 0.1) is 0 Å². The largest absolute Gasteiger partial charge is 0.405 e. The smallest absolute Gasteiger partial charge is 0.349 e. The number of nitrogens with one attached hydrogen (secondary N) is 2. The van der Waals surface area contributed by atoms with E-state index in [2.05, 4.69) is 20.6 Å². The van der Waals surface area contributed by atoms with E-state index in [0.29, 0.717) is 24.1 Å². The first-order valence-electron chi connectivity index (χ1n) is 7.96. The van der Waals surface area contributed by atoms with Gasteiger partial charge in [-0.05, 0) is 12.1 Å². The zero-order valence-corrected chi connectivity index (χ0v) is 13.4. The molecule has 3 rings (SSSR count). The quantitative estimate of drug-likeness (QED) is 0.864. The van der Waals surface area contributed by atoms with E-state index < -0.39 is 24.7 Å². The van der Waals surface area contributed by atoms with Crippen LogP contribution < -0.4 is 10.6 Å². The van der Waals surface area contributed by atoms with E-state index in [1.807, 2.05) is 0 Å². The van der Waals surface area contributed by atoms with Crippen molar-refractivity contribution in [2.24, 2.45) is 0 Å². The predicted molar refractivity (Wildman–Crippen MR) is 86.2 cm³/mol. The summed E-state index contributed by atoms with van der Waals surface area (Å²) in [7, 11) is 0. The van der Waals surface area contributed by atoms with Crippen LogP contribution in [0.25, 0.3) is 11.0 Å². The molecular formula is C16H18F3N5O.